The van der Waals surface area contributed by atoms with E-state index in [4.69, 9.17) is 0 Å². The van der Waals surface area contributed by atoms with Crippen LogP contribution in [0.15, 0.2) is 29.2 Å². The molecule has 0 fully saturated rings. The Kier molecular flexibility index (Phi) is 6.66. The van der Waals surface area contributed by atoms with Gasteiger partial charge in [0.15, 0.2) is 15.0 Å². The van der Waals surface area contributed by atoms with E-state index in [1.54, 1.807) is 32.9 Å². The van der Waals surface area contributed by atoms with Crippen LogP contribution in [-0.2, 0) is 44.0 Å². The topological polar surface area (TPSA) is 114 Å². The molecule has 0 atom stereocenters. The third kappa shape index (κ3) is 4.90. The number of thiazole rings is 1. The lowest BCUT2D eigenvalue weighted by Crippen LogP contribution is -2.36. The van der Waals surface area contributed by atoms with E-state index in [0.717, 1.165) is 10.6 Å². The van der Waals surface area contributed by atoms with Crippen LogP contribution < -0.4 is 5.32 Å². The Morgan fingerprint density at radius 3 is 2.47 bits per heavy atom. The van der Waals surface area contributed by atoms with Gasteiger partial charge in [-0.15, -0.1) is 11.3 Å². The normalized spacial score (nSPS) is 15.2. The van der Waals surface area contributed by atoms with Crippen LogP contribution >= 0.6 is 11.3 Å². The molecule has 1 amide bonds. The Bertz CT molecular complexity index is 1140. The summed E-state index contributed by atoms with van der Waals surface area (Å²) in [5.41, 5.74) is 1.51. The van der Waals surface area contributed by atoms with Crippen molar-refractivity contribution in [2.45, 2.75) is 50.3 Å². The maximum Gasteiger partial charge on any atom is 0.230 e. The summed E-state index contributed by atoms with van der Waals surface area (Å²) < 4.78 is 50.0. The molecule has 0 unspecified atom stereocenters. The smallest absolute Gasteiger partial charge is 0.230 e. The van der Waals surface area contributed by atoms with Gasteiger partial charge in [-0.25, -0.2) is 21.8 Å². The monoisotopic (exact) mass is 471 g/mol. The lowest BCUT2D eigenvalue weighted by atomic mass is 10.1. The molecule has 1 aliphatic heterocycles. The zero-order valence-electron chi connectivity index (χ0n) is 17.1. The second-order valence-electron chi connectivity index (χ2n) is 7.34. The zero-order valence-corrected chi connectivity index (χ0v) is 19.5. The highest BCUT2D eigenvalue weighted by molar-refractivity contribution is 7.92. The molecular formula is C19H25N3O5S3. The van der Waals surface area contributed by atoms with Crippen LogP contribution in [0.25, 0.3) is 0 Å². The number of sulfonamides is 1. The summed E-state index contributed by atoms with van der Waals surface area (Å²) in [7, 11) is -6.60. The summed E-state index contributed by atoms with van der Waals surface area (Å²) >= 11 is 1.29. The average Bonchev–Trinajstić information content (AvgIpc) is 3.09. The van der Waals surface area contributed by atoms with Crippen molar-refractivity contribution in [3.05, 3.63) is 40.4 Å². The number of carbonyl (C=O) groups excluding carboxylic acids is 1. The van der Waals surface area contributed by atoms with E-state index in [1.165, 1.54) is 27.8 Å². The van der Waals surface area contributed by atoms with E-state index in [1.807, 2.05) is 0 Å². The molecule has 1 aromatic heterocycles. The predicted octanol–water partition coefficient (Wildman–Crippen LogP) is 2.21. The first-order chi connectivity index (χ1) is 14.0. The first-order valence-corrected chi connectivity index (χ1v) is 13.6. The molecule has 30 heavy (non-hydrogen) atoms. The number of hydrogen-bond donors (Lipinski definition) is 1. The van der Waals surface area contributed by atoms with Gasteiger partial charge in [0.1, 0.15) is 0 Å². The summed E-state index contributed by atoms with van der Waals surface area (Å²) in [5, 5.41) is 2.70. The lowest BCUT2D eigenvalue weighted by Gasteiger charge is -2.24. The molecule has 0 bridgehead atoms. The number of rotatable bonds is 7. The minimum Gasteiger partial charge on any atom is -0.302 e. The van der Waals surface area contributed by atoms with Gasteiger partial charge in [-0.05, 0) is 38.5 Å². The SMILES string of the molecule is CCS(=O)(=O)N1CCc2nc(NC(=O)Cc3ccc(S(=O)(=O)C(C)C)cc3)sc2C1. The van der Waals surface area contributed by atoms with E-state index in [-0.39, 0.29) is 29.5 Å². The van der Waals surface area contributed by atoms with Crippen molar-refractivity contribution in [2.75, 3.05) is 17.6 Å². The molecule has 2 aromatic rings. The van der Waals surface area contributed by atoms with E-state index < -0.39 is 25.1 Å². The van der Waals surface area contributed by atoms with Crippen molar-refractivity contribution >= 4 is 42.2 Å². The quantitative estimate of drug-likeness (QED) is 0.662. The van der Waals surface area contributed by atoms with Gasteiger partial charge in [-0.1, -0.05) is 12.1 Å². The minimum atomic E-state index is -3.35. The molecule has 2 heterocycles. The van der Waals surface area contributed by atoms with Crippen molar-refractivity contribution in [3.63, 3.8) is 0 Å². The molecule has 11 heteroatoms. The third-order valence-corrected chi connectivity index (χ3v) is 9.93. The Morgan fingerprint density at radius 1 is 1.20 bits per heavy atom. The highest BCUT2D eigenvalue weighted by Crippen LogP contribution is 2.29. The third-order valence-electron chi connectivity index (χ3n) is 4.94. The zero-order chi connectivity index (χ0) is 22.1. The fourth-order valence-corrected chi connectivity index (χ4v) is 6.31. The lowest BCUT2D eigenvalue weighted by molar-refractivity contribution is -0.115. The standard InChI is InChI=1S/C19H25N3O5S3/c1-4-29(24,25)22-10-9-16-17(12-22)28-19(20-16)21-18(23)11-14-5-7-15(8-6-14)30(26,27)13(2)3/h5-8,13H,4,9-12H2,1-3H3,(H,20,21,23). The number of carbonyl (C=O) groups is 1. The summed E-state index contributed by atoms with van der Waals surface area (Å²) in [4.78, 5) is 17.9. The van der Waals surface area contributed by atoms with Crippen LogP contribution in [-0.4, -0.2) is 49.6 Å². The fraction of sp³-hybridized carbons (Fsp3) is 0.474. The number of benzene rings is 1. The van der Waals surface area contributed by atoms with Gasteiger partial charge < -0.3 is 5.32 Å². The van der Waals surface area contributed by atoms with E-state index >= 15 is 0 Å². The molecule has 0 aliphatic carbocycles. The first kappa shape index (κ1) is 22.9. The second kappa shape index (κ2) is 8.74. The number of fused-ring (bicyclic) bond motifs is 1. The van der Waals surface area contributed by atoms with Gasteiger partial charge in [0.05, 0.1) is 28.0 Å². The van der Waals surface area contributed by atoms with Crippen molar-refractivity contribution in [2.24, 2.45) is 0 Å². The van der Waals surface area contributed by atoms with E-state index in [9.17, 15) is 21.6 Å². The minimum absolute atomic E-state index is 0.0575. The van der Waals surface area contributed by atoms with Gasteiger partial charge in [0, 0.05) is 24.4 Å². The number of hydrogen-bond acceptors (Lipinski definition) is 7. The first-order valence-electron chi connectivity index (χ1n) is 9.62. The van der Waals surface area contributed by atoms with Crippen molar-refractivity contribution in [1.29, 1.82) is 0 Å². The number of sulfone groups is 1. The van der Waals surface area contributed by atoms with Crippen LogP contribution in [0.5, 0.6) is 0 Å². The van der Waals surface area contributed by atoms with Gasteiger partial charge >= 0.3 is 0 Å². The van der Waals surface area contributed by atoms with Crippen molar-refractivity contribution in [3.8, 4) is 0 Å². The van der Waals surface area contributed by atoms with Crippen LogP contribution in [0.2, 0.25) is 0 Å². The van der Waals surface area contributed by atoms with Crippen LogP contribution in [0.1, 0.15) is 36.9 Å². The number of aromatic nitrogens is 1. The number of amides is 1. The number of nitrogens with zero attached hydrogens (tertiary/aromatic N) is 2. The van der Waals surface area contributed by atoms with Crippen LogP contribution in [0.3, 0.4) is 0 Å². The molecule has 1 aliphatic rings. The Morgan fingerprint density at radius 2 is 1.87 bits per heavy atom. The van der Waals surface area contributed by atoms with Gasteiger partial charge in [0.2, 0.25) is 15.9 Å². The van der Waals surface area contributed by atoms with Crippen molar-refractivity contribution in [1.82, 2.24) is 9.29 Å². The molecular weight excluding hydrogens is 446 g/mol. The molecule has 3 rings (SSSR count). The Labute approximate surface area is 181 Å². The van der Waals surface area contributed by atoms with Crippen LogP contribution in [0, 0.1) is 0 Å². The predicted molar refractivity (Wildman–Crippen MR) is 117 cm³/mol. The summed E-state index contributed by atoms with van der Waals surface area (Å²) in [6, 6.07) is 6.30. The highest BCUT2D eigenvalue weighted by Gasteiger charge is 2.28. The van der Waals surface area contributed by atoms with Gasteiger partial charge in [-0.2, -0.15) is 4.31 Å². The summed E-state index contributed by atoms with van der Waals surface area (Å²) in [6.45, 7) is 5.55. The van der Waals surface area contributed by atoms with Gasteiger partial charge in [-0.3, -0.25) is 4.79 Å². The molecule has 0 saturated heterocycles. The number of anilines is 1. The molecule has 1 N–H and O–H groups in total. The van der Waals surface area contributed by atoms with Crippen molar-refractivity contribution < 1.29 is 21.6 Å². The van der Waals surface area contributed by atoms with Crippen LogP contribution in [0.4, 0.5) is 5.13 Å². The molecule has 0 radical (unpaired) electrons. The summed E-state index contributed by atoms with van der Waals surface area (Å²) in [5.74, 6) is -0.208. The van der Waals surface area contributed by atoms with Gasteiger partial charge in [0.25, 0.3) is 0 Å². The fourth-order valence-electron chi connectivity index (χ4n) is 3.06. The largest absolute Gasteiger partial charge is 0.302 e. The van der Waals surface area contributed by atoms with E-state index in [2.05, 4.69) is 10.3 Å². The Hall–Kier alpha value is -1.82. The second-order valence-corrected chi connectivity index (χ2v) is 13.2. The Balaban J connectivity index is 1.64. The van der Waals surface area contributed by atoms with E-state index in [0.29, 0.717) is 23.7 Å². The molecule has 164 valence electrons. The molecule has 1 aromatic carbocycles. The molecule has 0 spiro atoms. The molecule has 8 nitrogen and oxygen atoms in total. The summed E-state index contributed by atoms with van der Waals surface area (Å²) in [6.07, 6.45) is 0.606. The number of nitrogens with one attached hydrogen (secondary N) is 1. The average molecular weight is 472 g/mol. The molecule has 0 saturated carbocycles. The highest BCUT2D eigenvalue weighted by atomic mass is 32.2. The maximum absolute atomic E-state index is 12.4. The maximum atomic E-state index is 12.4.